The largest absolute Gasteiger partial charge is 0.474 e. The lowest BCUT2D eigenvalue weighted by molar-refractivity contribution is -0.134. The van der Waals surface area contributed by atoms with Gasteiger partial charge in [0.15, 0.2) is 0 Å². The lowest BCUT2D eigenvalue weighted by Crippen LogP contribution is -2.45. The van der Waals surface area contributed by atoms with Gasteiger partial charge in [-0.15, -0.1) is 0 Å². The Morgan fingerprint density at radius 2 is 2.14 bits per heavy atom. The van der Waals surface area contributed by atoms with E-state index in [4.69, 9.17) is 4.74 Å². The van der Waals surface area contributed by atoms with Crippen molar-refractivity contribution in [2.45, 2.75) is 32.8 Å². The van der Waals surface area contributed by atoms with Crippen LogP contribution < -0.4 is 10.1 Å². The van der Waals surface area contributed by atoms with Crippen molar-refractivity contribution in [3.8, 4) is 5.88 Å². The molecule has 1 aromatic rings. The fraction of sp³-hybridized carbons (Fsp3) is 0.571. The van der Waals surface area contributed by atoms with Gasteiger partial charge in [-0.1, -0.05) is 0 Å². The van der Waals surface area contributed by atoms with Gasteiger partial charge < -0.3 is 15.0 Å². The third-order valence-electron chi connectivity index (χ3n) is 3.32. The lowest BCUT2D eigenvalue weighted by Gasteiger charge is -2.32. The molecule has 1 aliphatic heterocycles. The van der Waals surface area contributed by atoms with Crippen molar-refractivity contribution in [1.82, 2.24) is 20.2 Å². The highest BCUT2D eigenvalue weighted by atomic mass is 16.5. The number of rotatable bonds is 4. The van der Waals surface area contributed by atoms with Gasteiger partial charge >= 0.3 is 0 Å². The van der Waals surface area contributed by atoms with E-state index in [0.717, 1.165) is 12.8 Å². The van der Waals surface area contributed by atoms with Gasteiger partial charge in [0.2, 0.25) is 17.7 Å². The fourth-order valence-corrected chi connectivity index (χ4v) is 2.21. The first-order valence-electron chi connectivity index (χ1n) is 7.03. The Morgan fingerprint density at radius 3 is 2.76 bits per heavy atom. The molecule has 7 nitrogen and oxygen atoms in total. The average Bonchev–Trinajstić information content (AvgIpc) is 2.45. The molecule has 0 saturated carbocycles. The van der Waals surface area contributed by atoms with Gasteiger partial charge in [-0.2, -0.15) is 4.98 Å². The van der Waals surface area contributed by atoms with Crippen LogP contribution in [-0.4, -0.2) is 52.4 Å². The van der Waals surface area contributed by atoms with Crippen molar-refractivity contribution in [2.75, 3.05) is 19.6 Å². The maximum Gasteiger partial charge on any atom is 0.241 e. The highest BCUT2D eigenvalue weighted by Gasteiger charge is 2.24. The second-order valence-corrected chi connectivity index (χ2v) is 5.05. The number of hydrogen-bond donors (Lipinski definition) is 1. The highest BCUT2D eigenvalue weighted by Crippen LogP contribution is 2.17. The number of carbonyl (C=O) groups excluding carboxylic acids is 2. The van der Waals surface area contributed by atoms with Crippen molar-refractivity contribution < 1.29 is 14.3 Å². The van der Waals surface area contributed by atoms with Crippen LogP contribution in [-0.2, 0) is 9.59 Å². The van der Waals surface area contributed by atoms with Crippen LogP contribution in [0.3, 0.4) is 0 Å². The molecule has 0 aliphatic carbocycles. The predicted molar refractivity (Wildman–Crippen MR) is 75.7 cm³/mol. The molecule has 0 radical (unpaired) electrons. The minimum absolute atomic E-state index is 0.0541. The maximum atomic E-state index is 11.9. The number of aryl methyl sites for hydroxylation is 1. The Bertz CT molecular complexity index is 513. The van der Waals surface area contributed by atoms with E-state index in [1.54, 1.807) is 17.2 Å². The number of nitrogens with one attached hydrogen (secondary N) is 1. The second-order valence-electron chi connectivity index (χ2n) is 5.05. The smallest absolute Gasteiger partial charge is 0.241 e. The van der Waals surface area contributed by atoms with E-state index >= 15 is 0 Å². The topological polar surface area (TPSA) is 84.4 Å². The Labute approximate surface area is 123 Å². The van der Waals surface area contributed by atoms with Crippen LogP contribution in [0, 0.1) is 6.92 Å². The molecule has 1 saturated heterocycles. The SMILES string of the molecule is CC(=O)NCC(=O)N1CCC(Oc2ccnc(C)n2)CC1. The number of likely N-dealkylation sites (tertiary alicyclic amines) is 1. The van der Waals surface area contributed by atoms with E-state index < -0.39 is 0 Å². The number of aromatic nitrogens is 2. The van der Waals surface area contributed by atoms with E-state index in [2.05, 4.69) is 15.3 Å². The molecule has 7 heteroatoms. The Hall–Kier alpha value is -2.18. The molecule has 1 aromatic heterocycles. The molecule has 0 unspecified atom stereocenters. The Balaban J connectivity index is 1.78. The average molecular weight is 292 g/mol. The summed E-state index contributed by atoms with van der Waals surface area (Å²) in [5.74, 6) is 1.00. The van der Waals surface area contributed by atoms with Crippen LogP contribution in [0.4, 0.5) is 0 Å². The van der Waals surface area contributed by atoms with Gasteiger partial charge in [0.25, 0.3) is 0 Å². The monoisotopic (exact) mass is 292 g/mol. The number of carbonyl (C=O) groups is 2. The van der Waals surface area contributed by atoms with Gasteiger partial charge in [0, 0.05) is 45.1 Å². The highest BCUT2D eigenvalue weighted by molar-refractivity contribution is 5.83. The summed E-state index contributed by atoms with van der Waals surface area (Å²) in [5.41, 5.74) is 0. The quantitative estimate of drug-likeness (QED) is 0.862. The van der Waals surface area contributed by atoms with E-state index in [9.17, 15) is 9.59 Å². The van der Waals surface area contributed by atoms with Crippen molar-refractivity contribution in [3.63, 3.8) is 0 Å². The second kappa shape index (κ2) is 7.01. The predicted octanol–water partition coefficient (Wildman–Crippen LogP) is 0.291. The molecule has 21 heavy (non-hydrogen) atoms. The van der Waals surface area contributed by atoms with E-state index in [-0.39, 0.29) is 24.5 Å². The minimum atomic E-state index is -0.194. The van der Waals surface area contributed by atoms with Gasteiger partial charge in [-0.25, -0.2) is 4.98 Å². The summed E-state index contributed by atoms with van der Waals surface area (Å²) in [6.07, 6.45) is 3.25. The van der Waals surface area contributed by atoms with Crippen LogP contribution in [0.5, 0.6) is 5.88 Å². The molecule has 2 rings (SSSR count). The molecule has 114 valence electrons. The fourth-order valence-electron chi connectivity index (χ4n) is 2.21. The van der Waals surface area contributed by atoms with Crippen molar-refractivity contribution in [1.29, 1.82) is 0 Å². The molecular weight excluding hydrogens is 272 g/mol. The molecule has 0 aromatic carbocycles. The summed E-state index contributed by atoms with van der Waals surface area (Å²) >= 11 is 0. The van der Waals surface area contributed by atoms with Gasteiger partial charge in [-0.3, -0.25) is 9.59 Å². The maximum absolute atomic E-state index is 11.9. The first-order valence-corrected chi connectivity index (χ1v) is 7.03. The molecule has 1 N–H and O–H groups in total. The summed E-state index contributed by atoms with van der Waals surface area (Å²) in [4.78, 5) is 32.6. The zero-order valence-electron chi connectivity index (χ0n) is 12.3. The van der Waals surface area contributed by atoms with Crippen LogP contribution >= 0.6 is 0 Å². The normalized spacial score (nSPS) is 15.6. The minimum Gasteiger partial charge on any atom is -0.474 e. The van der Waals surface area contributed by atoms with E-state index in [1.807, 2.05) is 6.92 Å². The van der Waals surface area contributed by atoms with E-state index in [1.165, 1.54) is 6.92 Å². The summed E-state index contributed by atoms with van der Waals surface area (Å²) in [6.45, 7) is 4.54. The lowest BCUT2D eigenvalue weighted by atomic mass is 10.1. The van der Waals surface area contributed by atoms with Gasteiger partial charge in [-0.05, 0) is 6.92 Å². The number of piperidine rings is 1. The first-order chi connectivity index (χ1) is 10.0. The molecule has 2 amide bonds. The van der Waals surface area contributed by atoms with Crippen molar-refractivity contribution >= 4 is 11.8 Å². The standard InChI is InChI=1S/C14H20N4O3/c1-10-15-6-3-13(17-10)21-12-4-7-18(8-5-12)14(20)9-16-11(2)19/h3,6,12H,4-5,7-9H2,1-2H3,(H,16,19). The van der Waals surface area contributed by atoms with Crippen LogP contribution in [0.1, 0.15) is 25.6 Å². The summed E-state index contributed by atoms with van der Waals surface area (Å²) < 4.78 is 5.80. The van der Waals surface area contributed by atoms with Gasteiger partial charge in [0.1, 0.15) is 11.9 Å². The molecule has 1 fully saturated rings. The van der Waals surface area contributed by atoms with Crippen molar-refractivity contribution in [3.05, 3.63) is 18.1 Å². The number of nitrogens with zero attached hydrogens (tertiary/aromatic N) is 3. The molecule has 0 bridgehead atoms. The molecule has 1 aliphatic rings. The van der Waals surface area contributed by atoms with Crippen molar-refractivity contribution in [2.24, 2.45) is 0 Å². The van der Waals surface area contributed by atoms with Gasteiger partial charge in [0.05, 0.1) is 6.54 Å². The molecule has 0 spiro atoms. The van der Waals surface area contributed by atoms with E-state index in [0.29, 0.717) is 24.8 Å². The zero-order chi connectivity index (χ0) is 15.2. The van der Waals surface area contributed by atoms with Crippen LogP contribution in [0.15, 0.2) is 12.3 Å². The zero-order valence-corrected chi connectivity index (χ0v) is 12.3. The Morgan fingerprint density at radius 1 is 1.43 bits per heavy atom. The van der Waals surface area contributed by atoms with Crippen LogP contribution in [0.2, 0.25) is 0 Å². The summed E-state index contributed by atoms with van der Waals surface area (Å²) in [6, 6.07) is 1.74. The molecule has 2 heterocycles. The molecule has 0 atom stereocenters. The summed E-state index contributed by atoms with van der Waals surface area (Å²) in [7, 11) is 0. The number of ether oxygens (including phenoxy) is 1. The number of hydrogen-bond acceptors (Lipinski definition) is 5. The third-order valence-corrected chi connectivity index (χ3v) is 3.32. The third kappa shape index (κ3) is 4.70. The Kier molecular flexibility index (Phi) is 5.08. The number of amides is 2. The molecular formula is C14H20N4O3. The summed E-state index contributed by atoms with van der Waals surface area (Å²) in [5, 5.41) is 2.52. The van der Waals surface area contributed by atoms with Crippen LogP contribution in [0.25, 0.3) is 0 Å². The first kappa shape index (κ1) is 15.2.